The second kappa shape index (κ2) is 7.39. The van der Waals surface area contributed by atoms with Crippen molar-refractivity contribution in [3.05, 3.63) is 34.9 Å². The third kappa shape index (κ3) is 4.88. The Kier molecular flexibility index (Phi) is 5.86. The number of ether oxygens (including phenoxy) is 1. The molecule has 7 nitrogen and oxygen atoms in total. The predicted molar refractivity (Wildman–Crippen MR) is 71.0 cm³/mol. The quantitative estimate of drug-likeness (QED) is 0.642. The summed E-state index contributed by atoms with van der Waals surface area (Å²) >= 11 is 0. The van der Waals surface area contributed by atoms with Crippen molar-refractivity contribution in [3.8, 4) is 0 Å². The lowest BCUT2D eigenvalue weighted by molar-refractivity contribution is -0.147. The number of aliphatic hydroxyl groups is 1. The second-order valence-electron chi connectivity index (χ2n) is 4.32. The molecule has 1 unspecified atom stereocenters. The van der Waals surface area contributed by atoms with E-state index < -0.39 is 24.0 Å². The van der Waals surface area contributed by atoms with Crippen LogP contribution in [0.15, 0.2) is 18.2 Å². The molecule has 0 aromatic heterocycles. The van der Waals surface area contributed by atoms with Crippen molar-refractivity contribution >= 4 is 17.9 Å². The van der Waals surface area contributed by atoms with Crippen LogP contribution in [0.4, 0.5) is 0 Å². The highest BCUT2D eigenvalue weighted by molar-refractivity contribution is 5.90. The smallest absolute Gasteiger partial charge is 0.338 e. The van der Waals surface area contributed by atoms with Gasteiger partial charge in [-0.05, 0) is 36.6 Å². The maximum Gasteiger partial charge on any atom is 0.338 e. The fourth-order valence-electron chi connectivity index (χ4n) is 1.75. The fraction of sp³-hybridized carbons (Fsp3) is 0.357. The Hall–Kier alpha value is -2.41. The number of hydrogen-bond acceptors (Lipinski definition) is 5. The van der Waals surface area contributed by atoms with E-state index in [1.807, 2.05) is 0 Å². The molecule has 1 atom stereocenters. The molecule has 3 N–H and O–H groups in total. The summed E-state index contributed by atoms with van der Waals surface area (Å²) < 4.78 is 4.82. The Morgan fingerprint density at radius 3 is 2.38 bits per heavy atom. The van der Waals surface area contributed by atoms with Crippen molar-refractivity contribution in [2.45, 2.75) is 25.9 Å². The van der Waals surface area contributed by atoms with E-state index in [2.05, 4.69) is 0 Å². The summed E-state index contributed by atoms with van der Waals surface area (Å²) in [4.78, 5) is 33.1. The van der Waals surface area contributed by atoms with Gasteiger partial charge in [0.1, 0.15) is 0 Å². The van der Waals surface area contributed by atoms with Crippen LogP contribution < -0.4 is 0 Å². The number of esters is 1. The van der Waals surface area contributed by atoms with Crippen LogP contribution in [0, 0.1) is 0 Å². The van der Waals surface area contributed by atoms with E-state index in [4.69, 9.17) is 14.9 Å². The highest BCUT2D eigenvalue weighted by Gasteiger charge is 2.19. The predicted octanol–water partition coefficient (Wildman–Crippen LogP) is 0.998. The number of carbonyl (C=O) groups is 3. The van der Waals surface area contributed by atoms with Crippen molar-refractivity contribution in [1.82, 2.24) is 0 Å². The minimum Gasteiger partial charge on any atom is -0.481 e. The molecule has 0 amide bonds. The molecule has 114 valence electrons. The van der Waals surface area contributed by atoms with Crippen LogP contribution in [0.1, 0.15) is 40.9 Å². The van der Waals surface area contributed by atoms with Gasteiger partial charge in [0.25, 0.3) is 0 Å². The lowest BCUT2D eigenvalue weighted by Crippen LogP contribution is -2.13. The molecule has 21 heavy (non-hydrogen) atoms. The van der Waals surface area contributed by atoms with Gasteiger partial charge in [0.05, 0.1) is 12.2 Å². The van der Waals surface area contributed by atoms with Gasteiger partial charge in [0, 0.05) is 6.42 Å². The molecule has 0 radical (unpaired) electrons. The third-order valence-electron chi connectivity index (χ3n) is 2.70. The minimum atomic E-state index is -1.79. The molecule has 0 bridgehead atoms. The van der Waals surface area contributed by atoms with Crippen LogP contribution in [0.2, 0.25) is 0 Å². The Balaban J connectivity index is 3.15. The molecule has 0 aliphatic rings. The number of carbonyl (C=O) groups excluding carboxylic acids is 1. The Bertz CT molecular complexity index is 550. The van der Waals surface area contributed by atoms with Gasteiger partial charge in [-0.15, -0.1) is 0 Å². The second-order valence-corrected chi connectivity index (χ2v) is 4.32. The molecule has 0 aliphatic carbocycles. The number of rotatable bonds is 7. The zero-order valence-electron chi connectivity index (χ0n) is 11.4. The van der Waals surface area contributed by atoms with E-state index >= 15 is 0 Å². The van der Waals surface area contributed by atoms with Crippen LogP contribution >= 0.6 is 0 Å². The number of hydrogen-bond donors (Lipinski definition) is 3. The first-order chi connectivity index (χ1) is 9.85. The lowest BCUT2D eigenvalue weighted by atomic mass is 9.99. The molecule has 0 saturated heterocycles. The van der Waals surface area contributed by atoms with Crippen molar-refractivity contribution in [3.63, 3.8) is 0 Å². The van der Waals surface area contributed by atoms with Crippen molar-refractivity contribution in [2.24, 2.45) is 0 Å². The Morgan fingerprint density at radius 1 is 1.19 bits per heavy atom. The summed E-state index contributed by atoms with van der Waals surface area (Å²) in [6.07, 6.45) is -1.85. The lowest BCUT2D eigenvalue weighted by Gasteiger charge is -2.11. The topological polar surface area (TPSA) is 121 Å². The van der Waals surface area contributed by atoms with Gasteiger partial charge in [-0.1, -0.05) is 6.07 Å². The monoisotopic (exact) mass is 296 g/mol. The van der Waals surface area contributed by atoms with Gasteiger partial charge in [0.15, 0.2) is 6.10 Å². The molecular formula is C14H16O7. The summed E-state index contributed by atoms with van der Waals surface area (Å²) in [5.41, 5.74) is 0.529. The molecule has 0 aliphatic heterocycles. The molecule has 7 heteroatoms. The summed E-state index contributed by atoms with van der Waals surface area (Å²) in [5, 5.41) is 27.1. The number of aliphatic hydroxyl groups excluding tert-OH is 1. The van der Waals surface area contributed by atoms with E-state index in [1.54, 1.807) is 6.92 Å². The maximum absolute atomic E-state index is 11.7. The van der Waals surface area contributed by atoms with E-state index in [0.717, 1.165) is 0 Å². The van der Waals surface area contributed by atoms with Gasteiger partial charge >= 0.3 is 17.9 Å². The van der Waals surface area contributed by atoms with Gasteiger partial charge in [-0.25, -0.2) is 9.59 Å². The Labute approximate surface area is 120 Å². The van der Waals surface area contributed by atoms with Crippen LogP contribution in [0.25, 0.3) is 0 Å². The number of aliphatic carboxylic acids is 2. The molecular weight excluding hydrogens is 280 g/mol. The zero-order valence-corrected chi connectivity index (χ0v) is 11.4. The molecule has 0 saturated carbocycles. The van der Waals surface area contributed by atoms with Crippen LogP contribution in [0.5, 0.6) is 0 Å². The summed E-state index contributed by atoms with van der Waals surface area (Å²) in [6.45, 7) is 1.77. The molecule has 0 fully saturated rings. The normalized spacial score (nSPS) is 11.7. The summed E-state index contributed by atoms with van der Waals surface area (Å²) in [7, 11) is 0. The van der Waals surface area contributed by atoms with Crippen molar-refractivity contribution in [2.75, 3.05) is 6.61 Å². The van der Waals surface area contributed by atoms with Crippen LogP contribution in [-0.4, -0.2) is 39.8 Å². The van der Waals surface area contributed by atoms with Crippen molar-refractivity contribution in [1.29, 1.82) is 0 Å². The Morgan fingerprint density at radius 2 is 1.86 bits per heavy atom. The minimum absolute atomic E-state index is 0.00782. The largest absolute Gasteiger partial charge is 0.481 e. The molecule has 0 spiro atoms. The van der Waals surface area contributed by atoms with Gasteiger partial charge in [0.2, 0.25) is 0 Å². The van der Waals surface area contributed by atoms with E-state index in [0.29, 0.717) is 5.56 Å². The standard InChI is InChI=1S/C14H16O7/c1-2-21-14(20)10-6-8(3-4-11(15)16)5-9(7-10)12(17)13(18)19/h5-7,12,17H,2-4H2,1H3,(H,15,16)(H,18,19). The highest BCUT2D eigenvalue weighted by atomic mass is 16.5. The number of carboxylic acids is 2. The first-order valence-corrected chi connectivity index (χ1v) is 6.28. The third-order valence-corrected chi connectivity index (χ3v) is 2.70. The molecule has 1 aromatic carbocycles. The molecule has 1 rings (SSSR count). The molecule has 1 aromatic rings. The first-order valence-electron chi connectivity index (χ1n) is 6.28. The van der Waals surface area contributed by atoms with Crippen LogP contribution in [-0.2, 0) is 20.7 Å². The number of aryl methyl sites for hydroxylation is 1. The highest BCUT2D eigenvalue weighted by Crippen LogP contribution is 2.20. The fourth-order valence-corrected chi connectivity index (χ4v) is 1.75. The average Bonchev–Trinajstić information content (AvgIpc) is 2.44. The van der Waals surface area contributed by atoms with Crippen molar-refractivity contribution < 1.29 is 34.4 Å². The average molecular weight is 296 g/mol. The molecule has 0 heterocycles. The van der Waals surface area contributed by atoms with E-state index in [-0.39, 0.29) is 30.6 Å². The van der Waals surface area contributed by atoms with E-state index in [9.17, 15) is 19.5 Å². The van der Waals surface area contributed by atoms with Gasteiger partial charge < -0.3 is 20.1 Å². The summed E-state index contributed by atoms with van der Waals surface area (Å²) in [6, 6.07) is 4.02. The number of carboxylic acid groups (broad SMARTS) is 2. The SMILES string of the molecule is CCOC(=O)c1cc(CCC(=O)O)cc(C(O)C(=O)O)c1. The van der Waals surface area contributed by atoms with Crippen LogP contribution in [0.3, 0.4) is 0 Å². The maximum atomic E-state index is 11.7. The van der Waals surface area contributed by atoms with E-state index in [1.165, 1.54) is 18.2 Å². The number of benzene rings is 1. The van der Waals surface area contributed by atoms with Gasteiger partial charge in [-0.3, -0.25) is 4.79 Å². The first kappa shape index (κ1) is 16.6. The zero-order chi connectivity index (χ0) is 16.0. The summed E-state index contributed by atoms with van der Waals surface area (Å²) in [5.74, 6) is -3.13. The van der Waals surface area contributed by atoms with Gasteiger partial charge in [-0.2, -0.15) is 0 Å².